The van der Waals surface area contributed by atoms with Crippen LogP contribution >= 0.6 is 0 Å². The summed E-state index contributed by atoms with van der Waals surface area (Å²) in [4.78, 5) is 0. The fraction of sp³-hybridized carbons (Fsp3) is 0.792. The predicted molar refractivity (Wildman–Crippen MR) is 111 cm³/mol. The first-order chi connectivity index (χ1) is 12.4. The number of unbranched alkanes of at least 4 members (excludes halogenated alkanes) is 13. The van der Waals surface area contributed by atoms with Crippen LogP contribution in [0.5, 0.6) is 0 Å². The topological polar surface area (TPSA) is 3.88 Å². The molecule has 1 heteroatoms. The number of pyridine rings is 1. The van der Waals surface area contributed by atoms with Crippen LogP contribution in [-0.2, 0) is 13.0 Å². The van der Waals surface area contributed by atoms with E-state index in [9.17, 15) is 0 Å². The standard InChI is InChI=1S/C24H44N/c1-3-5-7-9-10-11-12-13-15-17-21-25-22-19-24(20-23-25)18-16-14-8-6-4-2/h19-20,22-23H,3-18,21H2,1-2H3/q+1. The van der Waals surface area contributed by atoms with Crippen molar-refractivity contribution in [2.24, 2.45) is 0 Å². The van der Waals surface area contributed by atoms with Gasteiger partial charge in [-0.1, -0.05) is 90.9 Å². The molecule has 1 aromatic heterocycles. The Morgan fingerprint density at radius 1 is 0.560 bits per heavy atom. The number of aryl methyl sites for hydroxylation is 2. The summed E-state index contributed by atoms with van der Waals surface area (Å²) in [5.41, 5.74) is 1.51. The molecule has 0 amide bonds. The molecular weight excluding hydrogens is 302 g/mol. The number of hydrogen-bond donors (Lipinski definition) is 0. The average Bonchev–Trinajstić information content (AvgIpc) is 2.64. The van der Waals surface area contributed by atoms with Crippen molar-refractivity contribution in [3.05, 3.63) is 30.1 Å². The van der Waals surface area contributed by atoms with Crippen molar-refractivity contribution in [2.75, 3.05) is 0 Å². The summed E-state index contributed by atoms with van der Waals surface area (Å²) < 4.78 is 2.37. The van der Waals surface area contributed by atoms with Crippen LogP contribution < -0.4 is 4.57 Å². The largest absolute Gasteiger partial charge is 0.205 e. The predicted octanol–water partition coefficient (Wildman–Crippen LogP) is 7.41. The van der Waals surface area contributed by atoms with Crippen molar-refractivity contribution in [3.63, 3.8) is 0 Å². The first-order valence-electron chi connectivity index (χ1n) is 11.3. The van der Waals surface area contributed by atoms with Gasteiger partial charge in [0.1, 0.15) is 6.54 Å². The van der Waals surface area contributed by atoms with Crippen molar-refractivity contribution < 1.29 is 4.57 Å². The van der Waals surface area contributed by atoms with Crippen molar-refractivity contribution >= 4 is 0 Å². The summed E-state index contributed by atoms with van der Waals surface area (Å²) in [6.07, 6.45) is 26.9. The van der Waals surface area contributed by atoms with E-state index >= 15 is 0 Å². The lowest BCUT2D eigenvalue weighted by molar-refractivity contribution is -0.697. The van der Waals surface area contributed by atoms with Gasteiger partial charge in [0.05, 0.1) is 0 Å². The van der Waals surface area contributed by atoms with Crippen molar-refractivity contribution in [1.82, 2.24) is 0 Å². The lowest BCUT2D eigenvalue weighted by Gasteiger charge is -2.03. The van der Waals surface area contributed by atoms with E-state index < -0.39 is 0 Å². The van der Waals surface area contributed by atoms with E-state index in [0.717, 1.165) is 0 Å². The molecule has 144 valence electrons. The molecule has 1 heterocycles. The monoisotopic (exact) mass is 346 g/mol. The molecule has 1 nitrogen and oxygen atoms in total. The Bertz CT molecular complexity index is 382. The fourth-order valence-electron chi connectivity index (χ4n) is 3.52. The molecule has 0 unspecified atom stereocenters. The molecule has 0 fully saturated rings. The highest BCUT2D eigenvalue weighted by Crippen LogP contribution is 2.11. The highest BCUT2D eigenvalue weighted by Gasteiger charge is 2.01. The first kappa shape index (κ1) is 22.2. The van der Waals surface area contributed by atoms with Gasteiger partial charge in [-0.15, -0.1) is 0 Å². The third-order valence-corrected chi connectivity index (χ3v) is 5.30. The van der Waals surface area contributed by atoms with Crippen LogP contribution in [0.4, 0.5) is 0 Å². The number of rotatable bonds is 17. The van der Waals surface area contributed by atoms with Gasteiger partial charge >= 0.3 is 0 Å². The molecule has 0 saturated carbocycles. The molecular formula is C24H44N+. The third-order valence-electron chi connectivity index (χ3n) is 5.30. The molecule has 0 spiro atoms. The highest BCUT2D eigenvalue weighted by molar-refractivity contribution is 5.07. The summed E-state index contributed by atoms with van der Waals surface area (Å²) >= 11 is 0. The summed E-state index contributed by atoms with van der Waals surface area (Å²) in [5.74, 6) is 0. The van der Waals surface area contributed by atoms with Crippen LogP contribution in [0.1, 0.15) is 116 Å². The quantitative estimate of drug-likeness (QED) is 0.204. The Labute approximate surface area is 158 Å². The molecule has 0 aromatic carbocycles. The summed E-state index contributed by atoms with van der Waals surface area (Å²) in [6, 6.07) is 4.66. The zero-order valence-corrected chi connectivity index (χ0v) is 17.3. The molecule has 0 saturated heterocycles. The minimum absolute atomic E-state index is 1.19. The van der Waals surface area contributed by atoms with Crippen molar-refractivity contribution in [3.8, 4) is 0 Å². The summed E-state index contributed by atoms with van der Waals surface area (Å²) in [7, 11) is 0. The van der Waals surface area contributed by atoms with Gasteiger partial charge in [-0.3, -0.25) is 0 Å². The van der Waals surface area contributed by atoms with E-state index in [1.807, 2.05) is 0 Å². The Kier molecular flexibility index (Phi) is 14.7. The van der Waals surface area contributed by atoms with Crippen LogP contribution in [0.2, 0.25) is 0 Å². The Hall–Kier alpha value is -0.850. The minimum Gasteiger partial charge on any atom is -0.205 e. The zero-order chi connectivity index (χ0) is 18.0. The lowest BCUT2D eigenvalue weighted by Crippen LogP contribution is -2.32. The van der Waals surface area contributed by atoms with Gasteiger partial charge in [-0.05, 0) is 24.8 Å². The molecule has 0 bridgehead atoms. The number of hydrogen-bond acceptors (Lipinski definition) is 0. The highest BCUT2D eigenvalue weighted by atomic mass is 14.9. The molecule has 1 rings (SSSR count). The Balaban J connectivity index is 1.97. The second-order valence-corrected chi connectivity index (χ2v) is 7.79. The third kappa shape index (κ3) is 13.1. The van der Waals surface area contributed by atoms with Gasteiger partial charge in [0.15, 0.2) is 12.4 Å². The average molecular weight is 347 g/mol. The molecule has 0 aliphatic heterocycles. The zero-order valence-electron chi connectivity index (χ0n) is 17.3. The van der Waals surface area contributed by atoms with Gasteiger partial charge < -0.3 is 0 Å². The van der Waals surface area contributed by atoms with Crippen LogP contribution in [0.3, 0.4) is 0 Å². The normalized spacial score (nSPS) is 11.1. The van der Waals surface area contributed by atoms with E-state index in [-0.39, 0.29) is 0 Å². The summed E-state index contributed by atoms with van der Waals surface area (Å²) in [5, 5.41) is 0. The number of aromatic nitrogens is 1. The molecule has 0 radical (unpaired) electrons. The van der Waals surface area contributed by atoms with Gasteiger partial charge in [0.2, 0.25) is 0 Å². The van der Waals surface area contributed by atoms with Crippen molar-refractivity contribution in [1.29, 1.82) is 0 Å². The number of nitrogens with zero attached hydrogens (tertiary/aromatic N) is 1. The molecule has 0 atom stereocenters. The fourth-order valence-corrected chi connectivity index (χ4v) is 3.52. The van der Waals surface area contributed by atoms with Crippen LogP contribution in [0.15, 0.2) is 24.5 Å². The van der Waals surface area contributed by atoms with Crippen LogP contribution in [-0.4, -0.2) is 0 Å². The maximum atomic E-state index is 2.37. The van der Waals surface area contributed by atoms with E-state index in [1.54, 1.807) is 0 Å². The maximum absolute atomic E-state index is 2.37. The van der Waals surface area contributed by atoms with Crippen molar-refractivity contribution in [2.45, 2.75) is 123 Å². The first-order valence-corrected chi connectivity index (χ1v) is 11.3. The second kappa shape index (κ2) is 16.6. The molecule has 0 aliphatic rings. The van der Waals surface area contributed by atoms with E-state index in [1.165, 1.54) is 115 Å². The molecule has 25 heavy (non-hydrogen) atoms. The Morgan fingerprint density at radius 2 is 1.00 bits per heavy atom. The maximum Gasteiger partial charge on any atom is 0.169 e. The molecule has 1 aromatic rings. The minimum atomic E-state index is 1.19. The van der Waals surface area contributed by atoms with Crippen LogP contribution in [0.25, 0.3) is 0 Å². The van der Waals surface area contributed by atoms with Gasteiger partial charge in [0.25, 0.3) is 0 Å². The SMILES string of the molecule is CCCCCCCCCCCC[n+]1ccc(CCCCCCC)cc1. The van der Waals surface area contributed by atoms with Gasteiger partial charge in [-0.2, -0.15) is 0 Å². The molecule has 0 N–H and O–H groups in total. The second-order valence-electron chi connectivity index (χ2n) is 7.79. The summed E-state index contributed by atoms with van der Waals surface area (Å²) in [6.45, 7) is 5.76. The van der Waals surface area contributed by atoms with Gasteiger partial charge in [-0.25, -0.2) is 4.57 Å². The lowest BCUT2D eigenvalue weighted by atomic mass is 10.1. The Morgan fingerprint density at radius 3 is 1.52 bits per heavy atom. The van der Waals surface area contributed by atoms with E-state index in [2.05, 4.69) is 42.9 Å². The van der Waals surface area contributed by atoms with E-state index in [0.29, 0.717) is 0 Å². The van der Waals surface area contributed by atoms with Crippen LogP contribution in [0, 0.1) is 0 Å². The van der Waals surface area contributed by atoms with Gasteiger partial charge in [0, 0.05) is 18.6 Å². The molecule has 0 aliphatic carbocycles. The smallest absolute Gasteiger partial charge is 0.169 e. The van der Waals surface area contributed by atoms with E-state index in [4.69, 9.17) is 0 Å².